The number of sulfonamides is 1. The van der Waals surface area contributed by atoms with E-state index in [4.69, 9.17) is 11.6 Å². The Morgan fingerprint density at radius 1 is 0.895 bits per heavy atom. The first kappa shape index (κ1) is 29.2. The minimum atomic E-state index is -4.10. The molecule has 3 aromatic rings. The van der Waals surface area contributed by atoms with Crippen LogP contribution in [0.2, 0.25) is 5.02 Å². The van der Waals surface area contributed by atoms with Crippen molar-refractivity contribution < 1.29 is 18.0 Å². The van der Waals surface area contributed by atoms with E-state index in [1.165, 1.54) is 17.0 Å². The number of nitrogens with one attached hydrogen (secondary N) is 1. The summed E-state index contributed by atoms with van der Waals surface area (Å²) in [5.41, 5.74) is 2.12. The van der Waals surface area contributed by atoms with E-state index in [0.717, 1.165) is 15.4 Å². The van der Waals surface area contributed by atoms with Gasteiger partial charge in [-0.25, -0.2) is 8.42 Å². The number of hydrogen-bond donors (Lipinski definition) is 1. The van der Waals surface area contributed by atoms with Gasteiger partial charge in [-0.3, -0.25) is 13.9 Å². The van der Waals surface area contributed by atoms with Gasteiger partial charge in [-0.1, -0.05) is 67.9 Å². The van der Waals surface area contributed by atoms with E-state index < -0.39 is 28.5 Å². The average Bonchev–Trinajstić information content (AvgIpc) is 2.90. The summed E-state index contributed by atoms with van der Waals surface area (Å²) in [7, 11) is -4.10. The Hall–Kier alpha value is -3.36. The zero-order valence-electron chi connectivity index (χ0n) is 22.1. The minimum Gasteiger partial charge on any atom is -0.354 e. The fourth-order valence-corrected chi connectivity index (χ4v) is 5.42. The van der Waals surface area contributed by atoms with Gasteiger partial charge in [0.2, 0.25) is 11.8 Å². The van der Waals surface area contributed by atoms with Crippen molar-refractivity contribution in [2.45, 2.75) is 45.2 Å². The molecule has 3 rings (SSSR count). The van der Waals surface area contributed by atoms with Crippen molar-refractivity contribution in [1.29, 1.82) is 0 Å². The highest BCUT2D eigenvalue weighted by Gasteiger charge is 2.32. The van der Waals surface area contributed by atoms with E-state index >= 15 is 0 Å². The van der Waals surface area contributed by atoms with Crippen LogP contribution in [0.15, 0.2) is 83.8 Å². The Morgan fingerprint density at radius 2 is 1.50 bits per heavy atom. The van der Waals surface area contributed by atoms with Crippen LogP contribution < -0.4 is 9.62 Å². The fraction of sp³-hybridized carbons (Fsp3) is 0.310. The number of anilines is 1. The van der Waals surface area contributed by atoms with Crippen molar-refractivity contribution in [1.82, 2.24) is 10.2 Å². The maximum Gasteiger partial charge on any atom is 0.264 e. The highest BCUT2D eigenvalue weighted by atomic mass is 35.5. The molecule has 0 radical (unpaired) electrons. The van der Waals surface area contributed by atoms with E-state index in [-0.39, 0.29) is 23.3 Å². The zero-order valence-corrected chi connectivity index (χ0v) is 23.7. The summed E-state index contributed by atoms with van der Waals surface area (Å²) >= 11 is 6.05. The molecular formula is C29H34ClN3O4S. The summed E-state index contributed by atoms with van der Waals surface area (Å²) in [6, 6.07) is 21.0. The van der Waals surface area contributed by atoms with Gasteiger partial charge in [-0.2, -0.15) is 0 Å². The van der Waals surface area contributed by atoms with Gasteiger partial charge in [0.15, 0.2) is 0 Å². The van der Waals surface area contributed by atoms with Gasteiger partial charge in [0.05, 0.1) is 10.6 Å². The largest absolute Gasteiger partial charge is 0.354 e. The first-order valence-corrected chi connectivity index (χ1v) is 14.3. The molecule has 0 spiro atoms. The maximum atomic E-state index is 13.9. The van der Waals surface area contributed by atoms with Gasteiger partial charge in [0, 0.05) is 18.1 Å². The molecule has 2 amide bonds. The molecule has 3 aromatic carbocycles. The van der Waals surface area contributed by atoms with Crippen LogP contribution in [0.4, 0.5) is 5.69 Å². The molecule has 1 N–H and O–H groups in total. The monoisotopic (exact) mass is 555 g/mol. The number of halogens is 1. The molecule has 7 nitrogen and oxygen atoms in total. The van der Waals surface area contributed by atoms with Crippen molar-refractivity contribution in [2.75, 3.05) is 17.4 Å². The second-order valence-electron chi connectivity index (χ2n) is 9.56. The Morgan fingerprint density at radius 3 is 2.11 bits per heavy atom. The zero-order chi connectivity index (χ0) is 27.9. The average molecular weight is 556 g/mol. The molecule has 0 heterocycles. The molecule has 0 aliphatic heterocycles. The molecule has 0 saturated carbocycles. The highest BCUT2D eigenvalue weighted by molar-refractivity contribution is 7.92. The van der Waals surface area contributed by atoms with E-state index in [1.54, 1.807) is 49.4 Å². The lowest BCUT2D eigenvalue weighted by Gasteiger charge is -2.32. The second kappa shape index (κ2) is 12.9. The Bertz CT molecular complexity index is 1350. The molecule has 0 bridgehead atoms. The van der Waals surface area contributed by atoms with Crippen LogP contribution in [0.1, 0.15) is 31.9 Å². The lowest BCUT2D eigenvalue weighted by Crippen LogP contribution is -2.51. The van der Waals surface area contributed by atoms with Crippen molar-refractivity contribution >= 4 is 39.1 Å². The van der Waals surface area contributed by atoms with Crippen molar-refractivity contribution in [2.24, 2.45) is 5.92 Å². The predicted octanol–water partition coefficient (Wildman–Crippen LogP) is 5.03. The summed E-state index contributed by atoms with van der Waals surface area (Å²) in [6.45, 7) is 7.69. The Kier molecular flexibility index (Phi) is 9.94. The second-order valence-corrected chi connectivity index (χ2v) is 11.9. The predicted molar refractivity (Wildman–Crippen MR) is 151 cm³/mol. The van der Waals surface area contributed by atoms with Crippen LogP contribution in [0.25, 0.3) is 0 Å². The maximum absolute atomic E-state index is 13.9. The number of nitrogens with zero attached hydrogens (tertiary/aromatic N) is 2. The number of aryl methyl sites for hydroxylation is 1. The molecule has 0 saturated heterocycles. The first-order chi connectivity index (χ1) is 18.0. The third-order valence-corrected chi connectivity index (χ3v) is 8.22. The standard InChI is InChI=1S/C29H34ClN3O4S/c1-21(2)18-31-29(35)23(4)32(19-24-11-9-8-10-22(24)3)28(34)20-33(26-16-14-25(30)15-17-26)38(36,37)27-12-6-5-7-13-27/h5-17,21,23H,18-20H2,1-4H3,(H,31,35). The van der Waals surface area contributed by atoms with Crippen LogP contribution in [-0.4, -0.2) is 44.3 Å². The molecule has 1 atom stereocenters. The molecule has 0 aliphatic rings. The van der Waals surface area contributed by atoms with E-state index in [9.17, 15) is 18.0 Å². The summed E-state index contributed by atoms with van der Waals surface area (Å²) in [5.74, 6) is -0.567. The number of benzene rings is 3. The smallest absolute Gasteiger partial charge is 0.264 e. The lowest BCUT2D eigenvalue weighted by atomic mass is 10.1. The fourth-order valence-electron chi connectivity index (χ4n) is 3.86. The summed E-state index contributed by atoms with van der Waals surface area (Å²) in [6.07, 6.45) is 0. The van der Waals surface area contributed by atoms with E-state index in [2.05, 4.69) is 5.32 Å². The Balaban J connectivity index is 2.00. The summed E-state index contributed by atoms with van der Waals surface area (Å²) in [4.78, 5) is 28.4. The number of carbonyl (C=O) groups excluding carboxylic acids is 2. The molecule has 1 unspecified atom stereocenters. The van der Waals surface area contributed by atoms with Crippen LogP contribution in [0.3, 0.4) is 0 Å². The number of carbonyl (C=O) groups is 2. The normalized spacial score (nSPS) is 12.2. The van der Waals surface area contributed by atoms with Crippen molar-refractivity contribution in [3.8, 4) is 0 Å². The van der Waals surface area contributed by atoms with E-state index in [0.29, 0.717) is 17.3 Å². The third-order valence-electron chi connectivity index (χ3n) is 6.18. The van der Waals surface area contributed by atoms with Crippen LogP contribution in [0, 0.1) is 12.8 Å². The topological polar surface area (TPSA) is 86.8 Å². The summed E-state index contributed by atoms with van der Waals surface area (Å²) in [5, 5.41) is 3.32. The van der Waals surface area contributed by atoms with Gasteiger partial charge in [0.1, 0.15) is 12.6 Å². The van der Waals surface area contributed by atoms with Crippen molar-refractivity contribution in [3.63, 3.8) is 0 Å². The number of rotatable bonds is 11. The molecule has 38 heavy (non-hydrogen) atoms. The molecule has 0 aromatic heterocycles. The molecule has 9 heteroatoms. The molecule has 0 aliphatic carbocycles. The highest BCUT2D eigenvalue weighted by Crippen LogP contribution is 2.26. The molecule has 0 fully saturated rings. The van der Waals surface area contributed by atoms with E-state index in [1.807, 2.05) is 45.0 Å². The number of hydrogen-bond acceptors (Lipinski definition) is 4. The molecule has 202 valence electrons. The van der Waals surface area contributed by atoms with Crippen LogP contribution in [-0.2, 0) is 26.2 Å². The van der Waals surface area contributed by atoms with Gasteiger partial charge < -0.3 is 10.2 Å². The first-order valence-electron chi connectivity index (χ1n) is 12.5. The van der Waals surface area contributed by atoms with Crippen LogP contribution in [0.5, 0.6) is 0 Å². The van der Waals surface area contributed by atoms with Gasteiger partial charge in [-0.15, -0.1) is 0 Å². The van der Waals surface area contributed by atoms with Crippen LogP contribution >= 0.6 is 11.6 Å². The van der Waals surface area contributed by atoms with Gasteiger partial charge >= 0.3 is 0 Å². The quantitative estimate of drug-likeness (QED) is 0.359. The Labute approximate surface area is 230 Å². The molecular weight excluding hydrogens is 522 g/mol. The van der Waals surface area contributed by atoms with Gasteiger partial charge in [0.25, 0.3) is 10.0 Å². The minimum absolute atomic E-state index is 0.0518. The summed E-state index contributed by atoms with van der Waals surface area (Å²) < 4.78 is 28.5. The SMILES string of the molecule is Cc1ccccc1CN(C(=O)CN(c1ccc(Cl)cc1)S(=O)(=O)c1ccccc1)C(C)C(=O)NCC(C)C. The lowest BCUT2D eigenvalue weighted by molar-refractivity contribution is -0.139. The third kappa shape index (κ3) is 7.36. The van der Waals surface area contributed by atoms with Gasteiger partial charge in [-0.05, 0) is 67.3 Å². The van der Waals surface area contributed by atoms with Crippen molar-refractivity contribution in [3.05, 3.63) is 95.0 Å². The number of amides is 2.